The molecule has 1 fully saturated rings. The fourth-order valence-electron chi connectivity index (χ4n) is 3.96. The van der Waals surface area contributed by atoms with Crippen molar-refractivity contribution in [3.63, 3.8) is 0 Å². The van der Waals surface area contributed by atoms with Gasteiger partial charge in [-0.05, 0) is 80.3 Å². The topological polar surface area (TPSA) is 35.8 Å². The van der Waals surface area contributed by atoms with E-state index >= 15 is 0 Å². The summed E-state index contributed by atoms with van der Waals surface area (Å²) in [5.74, 6) is 0.751. The summed E-state index contributed by atoms with van der Waals surface area (Å²) in [5.41, 5.74) is 5.02. The van der Waals surface area contributed by atoms with Gasteiger partial charge in [0.05, 0.1) is 11.6 Å². The van der Waals surface area contributed by atoms with E-state index in [2.05, 4.69) is 41.7 Å². The van der Waals surface area contributed by atoms with Crippen molar-refractivity contribution >= 4 is 0 Å². The van der Waals surface area contributed by atoms with Gasteiger partial charge in [-0.1, -0.05) is 55.3 Å². The van der Waals surface area contributed by atoms with Gasteiger partial charge in [0.1, 0.15) is 0 Å². The van der Waals surface area contributed by atoms with Gasteiger partial charge in [0.2, 0.25) is 0 Å². The number of rotatable bonds is 8. The predicted molar refractivity (Wildman–Crippen MR) is 108 cm³/mol. The van der Waals surface area contributed by atoms with Crippen LogP contribution in [-0.2, 0) is 12.8 Å². The molecule has 0 amide bonds. The zero-order valence-corrected chi connectivity index (χ0v) is 15.7. The van der Waals surface area contributed by atoms with Gasteiger partial charge in [-0.25, -0.2) is 0 Å². The third-order valence-electron chi connectivity index (χ3n) is 5.59. The third kappa shape index (κ3) is 5.44. The third-order valence-corrected chi connectivity index (χ3v) is 5.59. The summed E-state index contributed by atoms with van der Waals surface area (Å²) in [7, 11) is 0. The quantitative estimate of drug-likeness (QED) is 0.652. The summed E-state index contributed by atoms with van der Waals surface area (Å²) in [5, 5.41) is 12.6. The van der Waals surface area contributed by atoms with Crippen molar-refractivity contribution in [2.75, 3.05) is 13.1 Å². The highest BCUT2D eigenvalue weighted by Crippen LogP contribution is 2.25. The number of nitrogens with one attached hydrogen (secondary N) is 1. The lowest BCUT2D eigenvalue weighted by atomic mass is 9.89. The predicted octanol–water partition coefficient (Wildman–Crippen LogP) is 5.37. The normalized spacial score (nSPS) is 14.9. The van der Waals surface area contributed by atoms with Crippen LogP contribution >= 0.6 is 0 Å². The van der Waals surface area contributed by atoms with Crippen LogP contribution in [0.15, 0.2) is 48.5 Å². The minimum atomic E-state index is 0.751. The second-order valence-electron chi connectivity index (χ2n) is 7.45. The molecule has 1 aliphatic rings. The fourth-order valence-corrected chi connectivity index (χ4v) is 3.96. The van der Waals surface area contributed by atoms with Gasteiger partial charge in [0.25, 0.3) is 0 Å². The van der Waals surface area contributed by atoms with Crippen LogP contribution in [0.4, 0.5) is 0 Å². The van der Waals surface area contributed by atoms with Crippen LogP contribution in [0.1, 0.15) is 66.7 Å². The van der Waals surface area contributed by atoms with E-state index in [-0.39, 0.29) is 0 Å². The number of nitriles is 1. The number of aryl methyl sites for hydroxylation is 2. The second-order valence-corrected chi connectivity index (χ2v) is 7.45. The first-order chi connectivity index (χ1) is 12.9. The summed E-state index contributed by atoms with van der Waals surface area (Å²) in [6.07, 6.45) is 9.69. The maximum Gasteiger partial charge on any atom is 0.0994 e. The summed E-state index contributed by atoms with van der Waals surface area (Å²) in [6.45, 7) is 2.32. The van der Waals surface area contributed by atoms with Gasteiger partial charge in [-0.3, -0.25) is 0 Å². The Balaban J connectivity index is 1.34. The molecule has 136 valence electrons. The lowest BCUT2D eigenvalue weighted by Gasteiger charge is -2.23. The van der Waals surface area contributed by atoms with Crippen LogP contribution in [0.2, 0.25) is 0 Å². The Labute approximate surface area is 158 Å². The highest BCUT2D eigenvalue weighted by Gasteiger charge is 2.14. The van der Waals surface area contributed by atoms with Crippen molar-refractivity contribution < 1.29 is 0 Å². The van der Waals surface area contributed by atoms with Crippen LogP contribution in [-0.4, -0.2) is 13.1 Å². The number of benzene rings is 2. The molecule has 1 aliphatic heterocycles. The molecule has 0 saturated carbocycles. The molecule has 0 unspecified atom stereocenters. The number of hydrogen-bond donors (Lipinski definition) is 1. The molecule has 0 radical (unpaired) electrons. The molecule has 3 rings (SSSR count). The van der Waals surface area contributed by atoms with Crippen LogP contribution < -0.4 is 5.32 Å². The molecule has 1 N–H and O–H groups in total. The molecule has 0 spiro atoms. The molecule has 1 saturated heterocycles. The molecular formula is C24H30N2. The molecule has 0 atom stereocenters. The summed E-state index contributed by atoms with van der Waals surface area (Å²) in [6, 6.07) is 19.6. The van der Waals surface area contributed by atoms with E-state index in [1.807, 2.05) is 18.2 Å². The summed E-state index contributed by atoms with van der Waals surface area (Å²) < 4.78 is 0. The van der Waals surface area contributed by atoms with E-state index in [1.165, 1.54) is 61.6 Å². The second kappa shape index (κ2) is 10.1. The average molecular weight is 347 g/mol. The first kappa shape index (κ1) is 18.7. The van der Waals surface area contributed by atoms with E-state index in [9.17, 15) is 0 Å². The molecule has 0 aliphatic carbocycles. The van der Waals surface area contributed by atoms with Crippen molar-refractivity contribution in [1.82, 2.24) is 5.32 Å². The molecule has 0 bridgehead atoms. The highest BCUT2D eigenvalue weighted by molar-refractivity contribution is 5.37. The van der Waals surface area contributed by atoms with Gasteiger partial charge in [-0.2, -0.15) is 5.26 Å². The van der Waals surface area contributed by atoms with Crippen molar-refractivity contribution in [1.29, 1.82) is 5.26 Å². The van der Waals surface area contributed by atoms with Crippen LogP contribution in [0, 0.1) is 11.3 Å². The lowest BCUT2D eigenvalue weighted by Crippen LogP contribution is -2.26. The van der Waals surface area contributed by atoms with Crippen LogP contribution in [0.5, 0.6) is 0 Å². The maximum absolute atomic E-state index is 9.13. The van der Waals surface area contributed by atoms with Gasteiger partial charge in [0.15, 0.2) is 0 Å². The number of unbranched alkanes of at least 4 members (excludes halogenated alkanes) is 3. The molecule has 2 nitrogen and oxygen atoms in total. The Morgan fingerprint density at radius 2 is 1.54 bits per heavy atom. The van der Waals surface area contributed by atoms with Gasteiger partial charge >= 0.3 is 0 Å². The monoisotopic (exact) mass is 346 g/mol. The fraction of sp³-hybridized carbons (Fsp3) is 0.458. The van der Waals surface area contributed by atoms with Gasteiger partial charge in [-0.15, -0.1) is 0 Å². The number of piperidine rings is 1. The molecule has 0 aromatic heterocycles. The SMILES string of the molecule is N#Cc1ccccc1CCCCCCc1ccc(C2CCNCC2)cc1. The zero-order valence-electron chi connectivity index (χ0n) is 15.7. The Morgan fingerprint density at radius 3 is 2.27 bits per heavy atom. The van der Waals surface area contributed by atoms with E-state index in [1.54, 1.807) is 0 Å². The van der Waals surface area contributed by atoms with Gasteiger partial charge < -0.3 is 5.32 Å². The molecule has 26 heavy (non-hydrogen) atoms. The van der Waals surface area contributed by atoms with Gasteiger partial charge in [0, 0.05) is 0 Å². The summed E-state index contributed by atoms with van der Waals surface area (Å²) in [4.78, 5) is 0. The molecule has 2 heteroatoms. The van der Waals surface area contributed by atoms with E-state index in [4.69, 9.17) is 5.26 Å². The van der Waals surface area contributed by atoms with Crippen molar-refractivity contribution in [3.8, 4) is 6.07 Å². The standard InChI is InChI=1S/C24H30N2/c25-19-24-10-6-5-9-21(24)8-4-2-1-3-7-20-11-13-22(14-12-20)23-15-17-26-18-16-23/h5-6,9-14,23,26H,1-4,7-8,15-18H2. The largest absolute Gasteiger partial charge is 0.317 e. The Bertz CT molecular complexity index is 706. The summed E-state index contributed by atoms with van der Waals surface area (Å²) >= 11 is 0. The van der Waals surface area contributed by atoms with Crippen molar-refractivity contribution in [3.05, 3.63) is 70.8 Å². The molecule has 2 aromatic rings. The Kier molecular flexibility index (Phi) is 7.28. The average Bonchev–Trinajstić information content (AvgIpc) is 2.72. The van der Waals surface area contributed by atoms with Crippen LogP contribution in [0.3, 0.4) is 0 Å². The minimum absolute atomic E-state index is 0.751. The number of nitrogens with zero attached hydrogens (tertiary/aromatic N) is 1. The zero-order chi connectivity index (χ0) is 18.0. The molecular weight excluding hydrogens is 316 g/mol. The Morgan fingerprint density at radius 1 is 0.846 bits per heavy atom. The lowest BCUT2D eigenvalue weighted by molar-refractivity contribution is 0.460. The molecule has 2 aromatic carbocycles. The van der Waals surface area contributed by atoms with Crippen LogP contribution in [0.25, 0.3) is 0 Å². The first-order valence-corrected chi connectivity index (χ1v) is 10.1. The first-order valence-electron chi connectivity index (χ1n) is 10.1. The minimum Gasteiger partial charge on any atom is -0.317 e. The number of hydrogen-bond acceptors (Lipinski definition) is 2. The maximum atomic E-state index is 9.13. The van der Waals surface area contributed by atoms with E-state index < -0.39 is 0 Å². The highest BCUT2D eigenvalue weighted by atomic mass is 14.9. The smallest absolute Gasteiger partial charge is 0.0994 e. The van der Waals surface area contributed by atoms with Crippen molar-refractivity contribution in [2.45, 2.75) is 57.3 Å². The molecule has 1 heterocycles. The van der Waals surface area contributed by atoms with Crippen molar-refractivity contribution in [2.24, 2.45) is 0 Å². The Hall–Kier alpha value is -2.11. The van der Waals surface area contributed by atoms with E-state index in [0.29, 0.717) is 0 Å². The van der Waals surface area contributed by atoms with E-state index in [0.717, 1.165) is 31.0 Å².